The lowest BCUT2D eigenvalue weighted by molar-refractivity contribution is 0.107. The molecule has 2 aromatic carbocycles. The highest BCUT2D eigenvalue weighted by Gasteiger charge is 2.49. The zero-order chi connectivity index (χ0) is 27.0. The van der Waals surface area contributed by atoms with Crippen molar-refractivity contribution in [1.29, 1.82) is 0 Å². The first-order valence-electron chi connectivity index (χ1n) is 14.4. The summed E-state index contributed by atoms with van der Waals surface area (Å²) in [5.41, 5.74) is 3.01. The van der Waals surface area contributed by atoms with Gasteiger partial charge in [0.1, 0.15) is 24.1 Å². The maximum Gasteiger partial charge on any atom is 0.319 e. The summed E-state index contributed by atoms with van der Waals surface area (Å²) in [6.07, 6.45) is 5.57. The van der Waals surface area contributed by atoms with Crippen LogP contribution in [0, 0.1) is 12.7 Å². The first-order chi connectivity index (χ1) is 19.5. The number of aryl methyl sites for hydroxylation is 1. The monoisotopic (exact) mass is 545 g/mol. The molecule has 4 saturated heterocycles. The third kappa shape index (κ3) is 3.87. The number of fused-ring (bicyclic) bond motifs is 5. The van der Waals surface area contributed by atoms with Crippen LogP contribution in [-0.2, 0) is 0 Å². The van der Waals surface area contributed by atoms with Gasteiger partial charge < -0.3 is 15.0 Å². The molecule has 0 amide bonds. The van der Waals surface area contributed by atoms with Crippen molar-refractivity contribution in [1.82, 2.24) is 30.4 Å². The lowest BCUT2D eigenvalue weighted by atomic mass is 9.95. The molecule has 0 spiro atoms. The van der Waals surface area contributed by atoms with Crippen molar-refractivity contribution in [2.24, 2.45) is 0 Å². The Morgan fingerprint density at radius 2 is 1.95 bits per heavy atom. The van der Waals surface area contributed by atoms with Crippen molar-refractivity contribution in [3.8, 4) is 17.1 Å². The van der Waals surface area contributed by atoms with Gasteiger partial charge in [0.05, 0.1) is 17.3 Å². The summed E-state index contributed by atoms with van der Waals surface area (Å²) in [5.74, 6) is 0.316. The summed E-state index contributed by atoms with van der Waals surface area (Å²) in [6, 6.07) is 8.68. The van der Waals surface area contributed by atoms with E-state index < -0.39 is 12.0 Å². The fraction of sp³-hybridized carbons (Fsp3) is 0.500. The van der Waals surface area contributed by atoms with Gasteiger partial charge in [-0.2, -0.15) is 15.1 Å². The molecule has 4 aromatic rings. The fourth-order valence-electron chi connectivity index (χ4n) is 7.65. The van der Waals surface area contributed by atoms with Crippen LogP contribution in [0.5, 0.6) is 6.01 Å². The van der Waals surface area contributed by atoms with E-state index in [2.05, 4.69) is 30.3 Å². The van der Waals surface area contributed by atoms with Crippen molar-refractivity contribution < 1.29 is 13.5 Å². The molecule has 8 nitrogen and oxygen atoms in total. The van der Waals surface area contributed by atoms with Crippen molar-refractivity contribution in [3.05, 3.63) is 41.8 Å². The highest BCUT2D eigenvalue weighted by atomic mass is 19.1. The average molecular weight is 546 g/mol. The number of H-pyrrole nitrogens is 1. The van der Waals surface area contributed by atoms with Crippen LogP contribution >= 0.6 is 0 Å². The number of aromatic nitrogens is 4. The van der Waals surface area contributed by atoms with E-state index in [9.17, 15) is 4.39 Å². The molecule has 6 heterocycles. The number of halogens is 2. The zero-order valence-corrected chi connectivity index (χ0v) is 22.6. The van der Waals surface area contributed by atoms with Gasteiger partial charge in [-0.25, -0.2) is 8.78 Å². The van der Waals surface area contributed by atoms with Gasteiger partial charge in [0.2, 0.25) is 0 Å². The third-order valence-electron chi connectivity index (χ3n) is 9.59. The predicted octanol–water partition coefficient (Wildman–Crippen LogP) is 4.52. The minimum atomic E-state index is -0.844. The van der Waals surface area contributed by atoms with Crippen LogP contribution in [0.3, 0.4) is 0 Å². The molecule has 2 aromatic heterocycles. The first kappa shape index (κ1) is 24.4. The molecule has 4 aliphatic heterocycles. The predicted molar refractivity (Wildman–Crippen MR) is 150 cm³/mol. The van der Waals surface area contributed by atoms with E-state index in [1.54, 1.807) is 6.20 Å². The Labute approximate surface area is 231 Å². The SMILES string of the molecule is Cc1cc2cn[nH]c2cc1-c1ccc2c(N3C[C@H]4CC[C@@H](C3)N4)nc(OC[C@@]34CCCN3C[C@H](F)C4)nc2c1F. The second-order valence-electron chi connectivity index (χ2n) is 12.2. The minimum Gasteiger partial charge on any atom is -0.461 e. The summed E-state index contributed by atoms with van der Waals surface area (Å²) >= 11 is 0. The highest BCUT2D eigenvalue weighted by Crippen LogP contribution is 2.41. The van der Waals surface area contributed by atoms with Crippen LogP contribution < -0.4 is 15.0 Å². The number of hydrogen-bond acceptors (Lipinski definition) is 7. The van der Waals surface area contributed by atoms with Gasteiger partial charge in [-0.05, 0) is 68.5 Å². The summed E-state index contributed by atoms with van der Waals surface area (Å²) in [6.45, 7) is 5.24. The van der Waals surface area contributed by atoms with E-state index >= 15 is 4.39 Å². The Hall–Kier alpha value is -3.37. The van der Waals surface area contributed by atoms with Crippen LogP contribution in [0.15, 0.2) is 30.5 Å². The molecule has 0 radical (unpaired) electrons. The molecule has 4 aliphatic rings. The molecular formula is C30H33F2N7O. The number of anilines is 1. The number of ether oxygens (including phenoxy) is 1. The second kappa shape index (κ2) is 9.07. The molecule has 10 heteroatoms. The van der Waals surface area contributed by atoms with Gasteiger partial charge >= 0.3 is 6.01 Å². The Morgan fingerprint density at radius 1 is 1.10 bits per heavy atom. The van der Waals surface area contributed by atoms with Gasteiger partial charge in [0.25, 0.3) is 0 Å². The Morgan fingerprint density at radius 3 is 2.80 bits per heavy atom. The van der Waals surface area contributed by atoms with Crippen LogP contribution in [0.25, 0.3) is 32.9 Å². The number of aromatic amines is 1. The van der Waals surface area contributed by atoms with E-state index in [-0.39, 0.29) is 17.1 Å². The Balaban J connectivity index is 1.23. The molecule has 4 atom stereocenters. The summed E-state index contributed by atoms with van der Waals surface area (Å²) in [5, 5.41) is 12.5. The lowest BCUT2D eigenvalue weighted by Crippen LogP contribution is -2.51. The molecule has 0 aliphatic carbocycles. The van der Waals surface area contributed by atoms with E-state index in [1.807, 2.05) is 31.2 Å². The number of hydrogen-bond donors (Lipinski definition) is 2. The molecule has 8 rings (SSSR count). The number of piperazine rings is 1. The molecule has 208 valence electrons. The average Bonchev–Trinajstić information content (AvgIpc) is 3.70. The second-order valence-corrected chi connectivity index (χ2v) is 12.2. The largest absolute Gasteiger partial charge is 0.461 e. The normalized spacial score (nSPS) is 28.2. The molecule has 0 unspecified atom stereocenters. The summed E-state index contributed by atoms with van der Waals surface area (Å²) in [4.78, 5) is 14.0. The fourth-order valence-corrected chi connectivity index (χ4v) is 7.65. The van der Waals surface area contributed by atoms with Gasteiger partial charge in [-0.1, -0.05) is 6.07 Å². The summed E-state index contributed by atoms with van der Waals surface area (Å²) < 4.78 is 37.2. The highest BCUT2D eigenvalue weighted by molar-refractivity contribution is 5.95. The number of nitrogens with zero attached hydrogens (tertiary/aromatic N) is 5. The zero-order valence-electron chi connectivity index (χ0n) is 22.6. The van der Waals surface area contributed by atoms with Crippen LogP contribution in [0.4, 0.5) is 14.6 Å². The van der Waals surface area contributed by atoms with Crippen molar-refractivity contribution in [3.63, 3.8) is 0 Å². The topological polar surface area (TPSA) is 82.2 Å². The molecule has 4 fully saturated rings. The Kier molecular flexibility index (Phi) is 5.54. The number of nitrogens with one attached hydrogen (secondary N) is 2. The van der Waals surface area contributed by atoms with E-state index in [1.165, 1.54) is 0 Å². The maximum absolute atomic E-state index is 16.5. The van der Waals surface area contributed by atoms with Crippen LogP contribution in [-0.4, -0.2) is 81.6 Å². The van der Waals surface area contributed by atoms with Gasteiger partial charge in [-0.3, -0.25) is 10.00 Å². The van der Waals surface area contributed by atoms with E-state index in [0.29, 0.717) is 48.4 Å². The van der Waals surface area contributed by atoms with E-state index in [4.69, 9.17) is 9.72 Å². The quantitative estimate of drug-likeness (QED) is 0.382. The molecule has 0 saturated carbocycles. The van der Waals surface area contributed by atoms with Gasteiger partial charge in [0.15, 0.2) is 5.82 Å². The maximum atomic E-state index is 16.5. The van der Waals surface area contributed by atoms with E-state index in [0.717, 1.165) is 67.3 Å². The molecular weight excluding hydrogens is 512 g/mol. The smallest absolute Gasteiger partial charge is 0.319 e. The van der Waals surface area contributed by atoms with Gasteiger partial charge in [0, 0.05) is 54.5 Å². The molecule has 2 N–H and O–H groups in total. The van der Waals surface area contributed by atoms with Crippen LogP contribution in [0.2, 0.25) is 0 Å². The third-order valence-corrected chi connectivity index (χ3v) is 9.59. The standard InChI is InChI=1S/C30H33F2N7O/c1-17-9-18-12-33-37-25(18)10-24(17)22-5-6-23-27(26(22)32)35-29(36-28(23)38-14-20-3-4-21(15-38)34-20)40-16-30-7-2-8-39(30)13-19(31)11-30/h5-6,9-10,12,19-21,34H,2-4,7-8,11,13-16H2,1H3,(H,33,37)/t19-,20-,21+,30+/m1/s1. The molecule has 40 heavy (non-hydrogen) atoms. The Bertz CT molecular complexity index is 1610. The lowest BCUT2D eigenvalue weighted by Gasteiger charge is -2.34. The number of rotatable bonds is 5. The summed E-state index contributed by atoms with van der Waals surface area (Å²) in [7, 11) is 0. The minimum absolute atomic E-state index is 0.161. The van der Waals surface area contributed by atoms with Crippen molar-refractivity contribution >= 4 is 27.6 Å². The molecule has 2 bridgehead atoms. The van der Waals surface area contributed by atoms with Crippen molar-refractivity contribution in [2.75, 3.05) is 37.7 Å². The van der Waals surface area contributed by atoms with Gasteiger partial charge in [-0.15, -0.1) is 0 Å². The first-order valence-corrected chi connectivity index (χ1v) is 14.4. The van der Waals surface area contributed by atoms with Crippen LogP contribution in [0.1, 0.15) is 37.7 Å². The number of alkyl halides is 1. The number of benzene rings is 2. The van der Waals surface area contributed by atoms with Crippen molar-refractivity contribution in [2.45, 2.75) is 62.8 Å².